The predicted molar refractivity (Wildman–Crippen MR) is 82.1 cm³/mol. The van der Waals surface area contributed by atoms with Crippen LogP contribution in [0.25, 0.3) is 10.4 Å². The van der Waals surface area contributed by atoms with Gasteiger partial charge in [-0.3, -0.25) is 4.57 Å². The summed E-state index contributed by atoms with van der Waals surface area (Å²) in [5.74, 6) is -0.514. The van der Waals surface area contributed by atoms with Crippen molar-refractivity contribution >= 4 is 13.6 Å². The van der Waals surface area contributed by atoms with Gasteiger partial charge < -0.3 is 18.2 Å². The molecular formula is C13H20N3O6P. The van der Waals surface area contributed by atoms with Crippen LogP contribution in [-0.4, -0.2) is 25.8 Å². The number of rotatable bonds is 10. The molecule has 0 amide bonds. The van der Waals surface area contributed by atoms with Gasteiger partial charge in [-0.2, -0.15) is 0 Å². The molecule has 0 bridgehead atoms. The number of furan rings is 1. The molecule has 0 spiro atoms. The number of carbonyl (C=O) groups excluding carboxylic acids is 1. The molecule has 128 valence electrons. The van der Waals surface area contributed by atoms with Gasteiger partial charge in [0.05, 0.1) is 26.4 Å². The molecule has 0 aliphatic rings. The third kappa shape index (κ3) is 5.73. The van der Waals surface area contributed by atoms with Gasteiger partial charge in [-0.25, -0.2) is 4.79 Å². The van der Waals surface area contributed by atoms with Crippen molar-refractivity contribution < 1.29 is 27.6 Å². The second-order valence-corrected chi connectivity index (χ2v) is 6.34. The van der Waals surface area contributed by atoms with Crippen LogP contribution in [0.15, 0.2) is 15.6 Å². The highest BCUT2D eigenvalue weighted by Crippen LogP contribution is 2.51. The fourth-order valence-electron chi connectivity index (χ4n) is 1.87. The molecule has 1 heterocycles. The van der Waals surface area contributed by atoms with E-state index >= 15 is 0 Å². The summed E-state index contributed by atoms with van der Waals surface area (Å²) in [6, 6.07) is 1.49. The standard InChI is InChI=1S/C13H20N3O6P/c1-4-19-13(17)12-10(8-15-16-14)7-11(22-12)9-23(18,20-5-2)21-6-3/h7H,4-6,8-9H2,1-3H3. The molecule has 9 nitrogen and oxygen atoms in total. The van der Waals surface area contributed by atoms with Gasteiger partial charge in [0.25, 0.3) is 0 Å². The van der Waals surface area contributed by atoms with Gasteiger partial charge in [0.15, 0.2) is 0 Å². The maximum Gasteiger partial charge on any atom is 0.374 e. The molecule has 0 saturated carbocycles. The predicted octanol–water partition coefficient (Wildman–Crippen LogP) is 4.03. The summed E-state index contributed by atoms with van der Waals surface area (Å²) in [6.45, 7) is 5.58. The van der Waals surface area contributed by atoms with E-state index in [1.807, 2.05) is 0 Å². The highest BCUT2D eigenvalue weighted by atomic mass is 31.2. The van der Waals surface area contributed by atoms with E-state index < -0.39 is 13.6 Å². The topological polar surface area (TPSA) is 124 Å². The number of hydrogen-bond donors (Lipinski definition) is 0. The molecule has 1 aromatic rings. The zero-order valence-corrected chi connectivity index (χ0v) is 14.2. The Labute approximate surface area is 134 Å². The first-order chi connectivity index (χ1) is 11.0. The Hall–Kier alpha value is -1.79. The quantitative estimate of drug-likeness (QED) is 0.207. The molecule has 1 rings (SSSR count). The summed E-state index contributed by atoms with van der Waals surface area (Å²) >= 11 is 0. The molecule has 0 aliphatic carbocycles. The van der Waals surface area contributed by atoms with Crippen LogP contribution < -0.4 is 0 Å². The zero-order valence-electron chi connectivity index (χ0n) is 13.4. The van der Waals surface area contributed by atoms with Crippen LogP contribution in [-0.2, 0) is 31.1 Å². The lowest BCUT2D eigenvalue weighted by atomic mass is 10.2. The molecule has 0 fully saturated rings. The molecule has 0 radical (unpaired) electrons. The van der Waals surface area contributed by atoms with E-state index in [4.69, 9.17) is 23.7 Å². The van der Waals surface area contributed by atoms with E-state index in [-0.39, 0.29) is 44.0 Å². The lowest BCUT2D eigenvalue weighted by molar-refractivity contribution is 0.0486. The van der Waals surface area contributed by atoms with Gasteiger partial charge >= 0.3 is 13.6 Å². The van der Waals surface area contributed by atoms with Crippen LogP contribution in [0.1, 0.15) is 42.6 Å². The fraction of sp³-hybridized carbons (Fsp3) is 0.615. The summed E-state index contributed by atoms with van der Waals surface area (Å²) in [6.07, 6.45) is -0.128. The molecule has 0 saturated heterocycles. The van der Waals surface area contributed by atoms with E-state index in [9.17, 15) is 9.36 Å². The Bertz CT molecular complexity index is 613. The minimum atomic E-state index is -3.37. The Morgan fingerprint density at radius 3 is 2.48 bits per heavy atom. The smallest absolute Gasteiger partial charge is 0.374 e. The van der Waals surface area contributed by atoms with Crippen molar-refractivity contribution in [3.8, 4) is 0 Å². The zero-order chi connectivity index (χ0) is 17.3. The fourth-order valence-corrected chi connectivity index (χ4v) is 3.45. The van der Waals surface area contributed by atoms with Gasteiger partial charge in [0, 0.05) is 10.5 Å². The van der Waals surface area contributed by atoms with E-state index in [0.29, 0.717) is 5.56 Å². The molecule has 23 heavy (non-hydrogen) atoms. The molecule has 0 unspecified atom stereocenters. The number of nitrogens with zero attached hydrogens (tertiary/aromatic N) is 3. The molecule has 0 N–H and O–H groups in total. The second kappa shape index (κ2) is 9.37. The number of ether oxygens (including phenoxy) is 1. The van der Waals surface area contributed by atoms with Crippen LogP contribution in [0, 0.1) is 0 Å². The van der Waals surface area contributed by atoms with E-state index in [1.165, 1.54) is 6.07 Å². The van der Waals surface area contributed by atoms with Crippen molar-refractivity contribution in [3.05, 3.63) is 33.6 Å². The van der Waals surface area contributed by atoms with Gasteiger partial charge in [0.1, 0.15) is 11.9 Å². The second-order valence-electron chi connectivity index (χ2n) is 4.28. The summed E-state index contributed by atoms with van der Waals surface area (Å²) in [5, 5.41) is 3.41. The average Bonchev–Trinajstić information content (AvgIpc) is 2.88. The molecule has 10 heteroatoms. The van der Waals surface area contributed by atoms with Crippen molar-refractivity contribution in [2.45, 2.75) is 33.5 Å². The first-order valence-corrected chi connectivity index (χ1v) is 8.90. The van der Waals surface area contributed by atoms with Crippen molar-refractivity contribution in [3.63, 3.8) is 0 Å². The largest absolute Gasteiger partial charge is 0.460 e. The van der Waals surface area contributed by atoms with Gasteiger partial charge in [-0.15, -0.1) is 0 Å². The Morgan fingerprint density at radius 2 is 1.96 bits per heavy atom. The number of hydrogen-bond acceptors (Lipinski definition) is 7. The molecule has 0 aromatic carbocycles. The van der Waals surface area contributed by atoms with Gasteiger partial charge in [-0.05, 0) is 32.4 Å². The van der Waals surface area contributed by atoms with Crippen LogP contribution in [0.4, 0.5) is 0 Å². The third-order valence-electron chi connectivity index (χ3n) is 2.63. The Kier molecular flexibility index (Phi) is 7.85. The normalized spacial score (nSPS) is 11.1. The van der Waals surface area contributed by atoms with E-state index in [1.54, 1.807) is 20.8 Å². The summed E-state index contributed by atoms with van der Waals surface area (Å²) < 4.78 is 33.2. The summed E-state index contributed by atoms with van der Waals surface area (Å²) in [4.78, 5) is 14.5. The van der Waals surface area contributed by atoms with Crippen molar-refractivity contribution in [2.24, 2.45) is 5.11 Å². The summed E-state index contributed by atoms with van der Waals surface area (Å²) in [7, 11) is -3.37. The van der Waals surface area contributed by atoms with Crippen molar-refractivity contribution in [1.82, 2.24) is 0 Å². The van der Waals surface area contributed by atoms with Gasteiger partial charge in [0.2, 0.25) is 5.76 Å². The van der Waals surface area contributed by atoms with Crippen molar-refractivity contribution in [2.75, 3.05) is 19.8 Å². The highest BCUT2D eigenvalue weighted by molar-refractivity contribution is 7.53. The third-order valence-corrected chi connectivity index (χ3v) is 4.63. The SMILES string of the molecule is CCOC(=O)c1oc(CP(=O)(OCC)OCC)cc1CN=[N+]=[N-]. The van der Waals surface area contributed by atoms with Crippen LogP contribution >= 0.6 is 7.60 Å². The highest BCUT2D eigenvalue weighted by Gasteiger charge is 2.28. The molecular weight excluding hydrogens is 325 g/mol. The minimum Gasteiger partial charge on any atom is -0.460 e. The first-order valence-electron chi connectivity index (χ1n) is 7.17. The minimum absolute atomic E-state index is 0.0752. The first kappa shape index (κ1) is 19.3. The van der Waals surface area contributed by atoms with E-state index in [2.05, 4.69) is 10.0 Å². The Balaban J connectivity index is 3.09. The van der Waals surface area contributed by atoms with Gasteiger partial charge in [-0.1, -0.05) is 5.11 Å². The lowest BCUT2D eigenvalue weighted by Crippen LogP contribution is -2.05. The maximum atomic E-state index is 12.5. The van der Waals surface area contributed by atoms with Crippen LogP contribution in [0.3, 0.4) is 0 Å². The lowest BCUT2D eigenvalue weighted by Gasteiger charge is -2.15. The maximum absolute atomic E-state index is 12.5. The Morgan fingerprint density at radius 1 is 1.30 bits per heavy atom. The number of azide groups is 1. The van der Waals surface area contributed by atoms with Crippen molar-refractivity contribution in [1.29, 1.82) is 0 Å². The molecule has 1 aromatic heterocycles. The van der Waals surface area contributed by atoms with E-state index in [0.717, 1.165) is 0 Å². The van der Waals surface area contributed by atoms with Crippen LogP contribution in [0.2, 0.25) is 0 Å². The molecule has 0 aliphatic heterocycles. The number of esters is 1. The summed E-state index contributed by atoms with van der Waals surface area (Å²) in [5.41, 5.74) is 8.78. The monoisotopic (exact) mass is 345 g/mol. The number of carbonyl (C=O) groups is 1. The average molecular weight is 345 g/mol. The van der Waals surface area contributed by atoms with Crippen LogP contribution in [0.5, 0.6) is 0 Å². The molecule has 0 atom stereocenters.